The first-order valence-electron chi connectivity index (χ1n) is 11.6. The number of hydrogen-bond donors (Lipinski definition) is 1. The van der Waals surface area contributed by atoms with E-state index in [4.69, 9.17) is 10.1 Å². The third-order valence-electron chi connectivity index (χ3n) is 6.61. The van der Waals surface area contributed by atoms with Crippen LogP contribution in [0.3, 0.4) is 0 Å². The zero-order valence-corrected chi connectivity index (χ0v) is 18.4. The summed E-state index contributed by atoms with van der Waals surface area (Å²) in [6, 6.07) is 15.2. The van der Waals surface area contributed by atoms with Gasteiger partial charge in [-0.05, 0) is 54.8 Å². The van der Waals surface area contributed by atoms with E-state index in [1.54, 1.807) is 12.1 Å². The smallest absolute Gasteiger partial charge is 0.154 e. The molecule has 6 rings (SSSR count). The Hall–Kier alpha value is -3.52. The van der Waals surface area contributed by atoms with E-state index in [0.717, 1.165) is 79.7 Å². The van der Waals surface area contributed by atoms with Gasteiger partial charge < -0.3 is 15.1 Å². The average molecular weight is 444 g/mol. The molecule has 1 atom stereocenters. The van der Waals surface area contributed by atoms with Gasteiger partial charge in [-0.1, -0.05) is 12.1 Å². The van der Waals surface area contributed by atoms with E-state index in [2.05, 4.69) is 32.2 Å². The van der Waals surface area contributed by atoms with Gasteiger partial charge >= 0.3 is 0 Å². The topological polar surface area (TPSA) is 61.6 Å². The molecule has 2 aliphatic rings. The van der Waals surface area contributed by atoms with E-state index in [1.807, 2.05) is 35.1 Å². The third kappa shape index (κ3) is 3.80. The molecule has 33 heavy (non-hydrogen) atoms. The normalized spacial score (nSPS) is 18.9. The van der Waals surface area contributed by atoms with E-state index < -0.39 is 0 Å². The van der Waals surface area contributed by atoms with Crippen LogP contribution >= 0.6 is 0 Å². The maximum atomic E-state index is 13.8. The molecule has 168 valence electrons. The number of aromatic nitrogens is 4. The predicted molar refractivity (Wildman–Crippen MR) is 127 cm³/mol. The van der Waals surface area contributed by atoms with Crippen molar-refractivity contribution in [2.24, 2.45) is 0 Å². The summed E-state index contributed by atoms with van der Waals surface area (Å²) in [6.45, 7) is 4.79. The highest BCUT2D eigenvalue weighted by atomic mass is 19.1. The summed E-state index contributed by atoms with van der Waals surface area (Å²) in [6.07, 6.45) is 5.79. The number of rotatable bonds is 4. The lowest BCUT2D eigenvalue weighted by Crippen LogP contribution is -2.43. The lowest BCUT2D eigenvalue weighted by molar-refractivity contribution is 0.585. The summed E-state index contributed by atoms with van der Waals surface area (Å²) in [4.78, 5) is 13.8. The number of hydrogen-bond acceptors (Lipinski definition) is 6. The van der Waals surface area contributed by atoms with Crippen LogP contribution in [-0.4, -0.2) is 52.3 Å². The van der Waals surface area contributed by atoms with Crippen LogP contribution in [0.1, 0.15) is 24.4 Å². The summed E-state index contributed by atoms with van der Waals surface area (Å²) in [5.74, 6) is 1.67. The Labute approximate surface area is 191 Å². The van der Waals surface area contributed by atoms with Crippen LogP contribution in [0.5, 0.6) is 0 Å². The van der Waals surface area contributed by atoms with E-state index in [-0.39, 0.29) is 11.9 Å². The number of nitrogens with one attached hydrogen (secondary N) is 1. The van der Waals surface area contributed by atoms with Crippen molar-refractivity contribution in [1.82, 2.24) is 24.9 Å². The van der Waals surface area contributed by atoms with Crippen molar-refractivity contribution in [2.45, 2.75) is 18.9 Å². The molecule has 2 fully saturated rings. The minimum atomic E-state index is -0.198. The molecule has 0 bridgehead atoms. The maximum absolute atomic E-state index is 13.8. The SMILES string of the molecule is Fc1cccc(C2CCCN2c2ccc3ncc(-c4ccc(N5CCNCC5)nc4)n3n2)c1. The number of halogens is 1. The van der Waals surface area contributed by atoms with Crippen LogP contribution < -0.4 is 15.1 Å². The quantitative estimate of drug-likeness (QED) is 0.519. The van der Waals surface area contributed by atoms with Crippen molar-refractivity contribution in [3.05, 3.63) is 72.3 Å². The Bertz CT molecular complexity index is 1260. The van der Waals surface area contributed by atoms with Gasteiger partial charge in [0.05, 0.1) is 17.9 Å². The van der Waals surface area contributed by atoms with Crippen LogP contribution in [0.15, 0.2) is 60.9 Å². The summed E-state index contributed by atoms with van der Waals surface area (Å²) in [5, 5.41) is 8.31. The lowest BCUT2D eigenvalue weighted by atomic mass is 10.0. The number of piperazine rings is 1. The first-order chi connectivity index (χ1) is 16.3. The Morgan fingerprint density at radius 1 is 0.909 bits per heavy atom. The van der Waals surface area contributed by atoms with Crippen molar-refractivity contribution in [3.63, 3.8) is 0 Å². The summed E-state index contributed by atoms with van der Waals surface area (Å²) >= 11 is 0. The van der Waals surface area contributed by atoms with Gasteiger partial charge in [-0.3, -0.25) is 0 Å². The second kappa shape index (κ2) is 8.44. The van der Waals surface area contributed by atoms with Crippen LogP contribution in [0.4, 0.5) is 16.0 Å². The van der Waals surface area contributed by atoms with Crippen molar-refractivity contribution in [3.8, 4) is 11.3 Å². The molecule has 0 radical (unpaired) electrons. The molecule has 4 aromatic rings. The Balaban J connectivity index is 1.32. The van der Waals surface area contributed by atoms with Crippen molar-refractivity contribution in [2.75, 3.05) is 42.5 Å². The minimum absolute atomic E-state index is 0.123. The lowest BCUT2D eigenvalue weighted by Gasteiger charge is -2.28. The van der Waals surface area contributed by atoms with Crippen molar-refractivity contribution < 1.29 is 4.39 Å². The Morgan fingerprint density at radius 3 is 2.61 bits per heavy atom. The number of anilines is 2. The molecule has 2 aliphatic heterocycles. The molecule has 0 spiro atoms. The van der Waals surface area contributed by atoms with Gasteiger partial charge in [0.1, 0.15) is 17.5 Å². The predicted octanol–water partition coefficient (Wildman–Crippen LogP) is 3.68. The summed E-state index contributed by atoms with van der Waals surface area (Å²) in [7, 11) is 0. The molecular formula is C25H26FN7. The second-order valence-electron chi connectivity index (χ2n) is 8.65. The van der Waals surface area contributed by atoms with Gasteiger partial charge in [-0.2, -0.15) is 0 Å². The van der Waals surface area contributed by atoms with Crippen LogP contribution in [0.25, 0.3) is 16.9 Å². The first-order valence-corrected chi connectivity index (χ1v) is 11.6. The van der Waals surface area contributed by atoms with Crippen LogP contribution in [0.2, 0.25) is 0 Å². The fourth-order valence-electron chi connectivity index (χ4n) is 4.93. The third-order valence-corrected chi connectivity index (χ3v) is 6.61. The molecular weight excluding hydrogens is 417 g/mol. The fraction of sp³-hybridized carbons (Fsp3) is 0.320. The molecule has 1 N–H and O–H groups in total. The van der Waals surface area contributed by atoms with Gasteiger partial charge in [0.25, 0.3) is 0 Å². The largest absolute Gasteiger partial charge is 0.354 e. The molecule has 1 aromatic carbocycles. The van der Waals surface area contributed by atoms with E-state index in [0.29, 0.717) is 0 Å². The number of nitrogens with zero attached hydrogens (tertiary/aromatic N) is 6. The molecule has 0 amide bonds. The molecule has 1 unspecified atom stereocenters. The number of imidazole rings is 1. The van der Waals surface area contributed by atoms with Gasteiger partial charge in [-0.25, -0.2) is 18.9 Å². The zero-order chi connectivity index (χ0) is 22.2. The van der Waals surface area contributed by atoms with E-state index in [9.17, 15) is 4.39 Å². The fourth-order valence-corrected chi connectivity index (χ4v) is 4.93. The standard InChI is InChI=1S/C25H26FN7/c26-20-4-1-3-18(15-20)21-5-2-12-32(21)25-9-8-24-29-17-22(33(24)30-25)19-6-7-23(28-16-19)31-13-10-27-11-14-31/h1,3-4,6-9,15-17,21,27H,2,5,10-14H2. The highest BCUT2D eigenvalue weighted by Gasteiger charge is 2.28. The first kappa shape index (κ1) is 20.1. The summed E-state index contributed by atoms with van der Waals surface area (Å²) in [5.41, 5.74) is 3.68. The molecule has 2 saturated heterocycles. The monoisotopic (exact) mass is 443 g/mol. The van der Waals surface area contributed by atoms with Crippen LogP contribution in [0, 0.1) is 5.82 Å². The van der Waals surface area contributed by atoms with Crippen LogP contribution in [-0.2, 0) is 0 Å². The molecule has 0 saturated carbocycles. The highest BCUT2D eigenvalue weighted by molar-refractivity contribution is 5.64. The van der Waals surface area contributed by atoms with Gasteiger partial charge in [-0.15, -0.1) is 5.10 Å². The highest BCUT2D eigenvalue weighted by Crippen LogP contribution is 2.35. The van der Waals surface area contributed by atoms with E-state index >= 15 is 0 Å². The Morgan fingerprint density at radius 2 is 1.79 bits per heavy atom. The Kier molecular flexibility index (Phi) is 5.14. The van der Waals surface area contributed by atoms with Gasteiger partial charge in [0.2, 0.25) is 0 Å². The van der Waals surface area contributed by atoms with Crippen molar-refractivity contribution in [1.29, 1.82) is 0 Å². The minimum Gasteiger partial charge on any atom is -0.354 e. The zero-order valence-electron chi connectivity index (χ0n) is 18.4. The number of fused-ring (bicyclic) bond motifs is 1. The summed E-state index contributed by atoms with van der Waals surface area (Å²) < 4.78 is 15.7. The molecule has 7 nitrogen and oxygen atoms in total. The van der Waals surface area contributed by atoms with Gasteiger partial charge in [0, 0.05) is 44.5 Å². The molecule has 0 aliphatic carbocycles. The second-order valence-corrected chi connectivity index (χ2v) is 8.65. The van der Waals surface area contributed by atoms with Gasteiger partial charge in [0.15, 0.2) is 5.65 Å². The van der Waals surface area contributed by atoms with E-state index in [1.165, 1.54) is 6.07 Å². The number of pyridine rings is 1. The average Bonchev–Trinajstić information content (AvgIpc) is 3.52. The maximum Gasteiger partial charge on any atom is 0.154 e. The molecule has 5 heterocycles. The molecule has 8 heteroatoms. The van der Waals surface area contributed by atoms with Crippen molar-refractivity contribution >= 4 is 17.3 Å². The number of benzene rings is 1. The molecule has 3 aromatic heterocycles.